The van der Waals surface area contributed by atoms with Crippen LogP contribution < -0.4 is 14.8 Å². The SMILES string of the molecule is Cc1nc(N2CC(C(C)(C)CNSN)C2)c2c(C)cc(Cl)n2n1. The number of anilines is 1. The first-order valence-corrected chi connectivity index (χ1v) is 8.95. The van der Waals surface area contributed by atoms with Crippen LogP contribution in [0.5, 0.6) is 0 Å². The monoisotopic (exact) mass is 354 g/mol. The number of hydrogen-bond donors (Lipinski definition) is 2. The van der Waals surface area contributed by atoms with Gasteiger partial charge in [-0.15, -0.1) is 0 Å². The molecule has 3 N–H and O–H groups in total. The third-order valence-corrected chi connectivity index (χ3v) is 5.33. The lowest BCUT2D eigenvalue weighted by Crippen LogP contribution is -2.55. The van der Waals surface area contributed by atoms with E-state index >= 15 is 0 Å². The van der Waals surface area contributed by atoms with Gasteiger partial charge >= 0.3 is 0 Å². The third kappa shape index (κ3) is 3.03. The molecule has 126 valence electrons. The van der Waals surface area contributed by atoms with Crippen molar-refractivity contribution in [3.8, 4) is 0 Å². The van der Waals surface area contributed by atoms with Crippen LogP contribution in [-0.2, 0) is 0 Å². The molecule has 3 rings (SSSR count). The van der Waals surface area contributed by atoms with Gasteiger partial charge in [-0.25, -0.2) is 9.50 Å². The molecule has 8 heteroatoms. The first-order chi connectivity index (χ1) is 10.8. The van der Waals surface area contributed by atoms with E-state index in [2.05, 4.69) is 33.6 Å². The molecule has 0 unspecified atom stereocenters. The summed E-state index contributed by atoms with van der Waals surface area (Å²) in [4.78, 5) is 6.99. The van der Waals surface area contributed by atoms with Crippen LogP contribution in [0.25, 0.3) is 5.52 Å². The van der Waals surface area contributed by atoms with Crippen LogP contribution in [0.2, 0.25) is 5.15 Å². The molecule has 23 heavy (non-hydrogen) atoms. The summed E-state index contributed by atoms with van der Waals surface area (Å²) < 4.78 is 4.96. The minimum Gasteiger partial charge on any atom is -0.354 e. The second-order valence-electron chi connectivity index (χ2n) is 6.92. The number of rotatable bonds is 5. The Balaban J connectivity index is 1.84. The van der Waals surface area contributed by atoms with E-state index in [4.69, 9.17) is 16.7 Å². The number of nitrogens with zero attached hydrogens (tertiary/aromatic N) is 4. The average molecular weight is 355 g/mol. The van der Waals surface area contributed by atoms with E-state index in [1.54, 1.807) is 4.52 Å². The largest absolute Gasteiger partial charge is 0.354 e. The van der Waals surface area contributed by atoms with Crippen molar-refractivity contribution in [1.82, 2.24) is 19.3 Å². The van der Waals surface area contributed by atoms with E-state index in [1.807, 2.05) is 19.9 Å². The molecule has 0 aromatic carbocycles. The predicted octanol–water partition coefficient (Wildman–Crippen LogP) is 2.57. The average Bonchev–Trinajstić information content (AvgIpc) is 2.69. The zero-order chi connectivity index (χ0) is 16.8. The van der Waals surface area contributed by atoms with E-state index in [-0.39, 0.29) is 5.41 Å². The van der Waals surface area contributed by atoms with Crippen molar-refractivity contribution in [3.05, 3.63) is 22.6 Å². The lowest BCUT2D eigenvalue weighted by Gasteiger charge is -2.48. The number of nitrogens with one attached hydrogen (secondary N) is 1. The fraction of sp³-hybridized carbons (Fsp3) is 0.600. The third-order valence-electron chi connectivity index (χ3n) is 4.74. The van der Waals surface area contributed by atoms with Gasteiger partial charge in [0.2, 0.25) is 0 Å². The molecule has 1 aliphatic rings. The summed E-state index contributed by atoms with van der Waals surface area (Å²) in [5.41, 5.74) is 2.30. The number of halogens is 1. The minimum absolute atomic E-state index is 0.190. The molecule has 2 aromatic heterocycles. The lowest BCUT2D eigenvalue weighted by atomic mass is 9.74. The maximum absolute atomic E-state index is 6.28. The molecule has 1 fully saturated rings. The zero-order valence-electron chi connectivity index (χ0n) is 13.9. The molecule has 0 bridgehead atoms. The van der Waals surface area contributed by atoms with Crippen LogP contribution in [0.1, 0.15) is 25.2 Å². The van der Waals surface area contributed by atoms with Crippen molar-refractivity contribution in [2.75, 3.05) is 24.5 Å². The van der Waals surface area contributed by atoms with Gasteiger partial charge < -0.3 is 4.90 Å². The van der Waals surface area contributed by atoms with Gasteiger partial charge in [-0.05, 0) is 30.9 Å². The van der Waals surface area contributed by atoms with Crippen LogP contribution in [0, 0.1) is 25.2 Å². The summed E-state index contributed by atoms with van der Waals surface area (Å²) in [5, 5.41) is 10.5. The molecule has 6 nitrogen and oxygen atoms in total. The molecule has 0 saturated carbocycles. The van der Waals surface area contributed by atoms with Crippen molar-refractivity contribution < 1.29 is 0 Å². The Morgan fingerprint density at radius 1 is 1.43 bits per heavy atom. The zero-order valence-corrected chi connectivity index (χ0v) is 15.5. The van der Waals surface area contributed by atoms with Gasteiger partial charge in [-0.3, -0.25) is 9.86 Å². The standard InChI is InChI=1S/C15H23ClN6S/c1-9-5-12(16)22-13(9)14(19-10(2)20-22)21-6-11(7-21)15(3,4)8-18-23-17/h5,11,18H,6-8,17H2,1-4H3. The van der Waals surface area contributed by atoms with Crippen LogP contribution in [0.3, 0.4) is 0 Å². The van der Waals surface area contributed by atoms with Gasteiger partial charge in [0.15, 0.2) is 5.82 Å². The lowest BCUT2D eigenvalue weighted by molar-refractivity contribution is 0.176. The highest BCUT2D eigenvalue weighted by molar-refractivity contribution is 7.95. The Hall–Kier alpha value is -1.02. The highest BCUT2D eigenvalue weighted by Crippen LogP contribution is 2.38. The summed E-state index contributed by atoms with van der Waals surface area (Å²) in [7, 11) is 0. The Morgan fingerprint density at radius 2 is 2.13 bits per heavy atom. The first kappa shape index (κ1) is 16.8. The Kier molecular flexibility index (Phi) is 4.48. The van der Waals surface area contributed by atoms with Crippen molar-refractivity contribution in [2.24, 2.45) is 16.5 Å². The van der Waals surface area contributed by atoms with Crippen molar-refractivity contribution in [1.29, 1.82) is 0 Å². The van der Waals surface area contributed by atoms with Gasteiger partial charge in [0.25, 0.3) is 0 Å². The molecular formula is C15H23ClN6S. The number of nitrogens with two attached hydrogens (primary N) is 1. The van der Waals surface area contributed by atoms with E-state index in [9.17, 15) is 0 Å². The van der Waals surface area contributed by atoms with Crippen LogP contribution in [-0.4, -0.2) is 34.2 Å². The normalized spacial score (nSPS) is 16.2. The van der Waals surface area contributed by atoms with Crippen molar-refractivity contribution in [2.45, 2.75) is 27.7 Å². The fourth-order valence-corrected chi connectivity index (χ4v) is 3.80. The predicted molar refractivity (Wildman–Crippen MR) is 96.7 cm³/mol. The summed E-state index contributed by atoms with van der Waals surface area (Å²) in [6.07, 6.45) is 0. The molecule has 0 spiro atoms. The summed E-state index contributed by atoms with van der Waals surface area (Å²) >= 11 is 7.46. The molecule has 3 heterocycles. The number of aromatic nitrogens is 3. The second-order valence-corrected chi connectivity index (χ2v) is 7.83. The summed E-state index contributed by atoms with van der Waals surface area (Å²) in [5.74, 6) is 2.31. The quantitative estimate of drug-likeness (QED) is 0.804. The summed E-state index contributed by atoms with van der Waals surface area (Å²) in [6.45, 7) is 11.4. The van der Waals surface area contributed by atoms with Crippen LogP contribution >= 0.6 is 23.7 Å². The van der Waals surface area contributed by atoms with E-state index in [0.29, 0.717) is 11.1 Å². The van der Waals surface area contributed by atoms with Gasteiger partial charge in [-0.1, -0.05) is 25.4 Å². The molecule has 0 aliphatic carbocycles. The topological polar surface area (TPSA) is 71.5 Å². The van der Waals surface area contributed by atoms with E-state index in [1.165, 1.54) is 12.1 Å². The van der Waals surface area contributed by atoms with Gasteiger partial charge in [0.05, 0.1) is 0 Å². The molecule has 0 atom stereocenters. The second kappa shape index (κ2) is 6.12. The van der Waals surface area contributed by atoms with Crippen LogP contribution in [0.4, 0.5) is 5.82 Å². The number of hydrogen-bond acceptors (Lipinski definition) is 6. The van der Waals surface area contributed by atoms with Crippen molar-refractivity contribution in [3.63, 3.8) is 0 Å². The van der Waals surface area contributed by atoms with E-state index in [0.717, 1.165) is 42.4 Å². The Bertz CT molecular complexity index is 722. The van der Waals surface area contributed by atoms with Gasteiger partial charge in [-0.2, -0.15) is 5.10 Å². The maximum Gasteiger partial charge on any atom is 0.157 e. The fourth-order valence-electron chi connectivity index (χ4n) is 3.06. The molecule has 1 saturated heterocycles. The smallest absolute Gasteiger partial charge is 0.157 e. The van der Waals surface area contributed by atoms with Gasteiger partial charge in [0, 0.05) is 37.7 Å². The number of aryl methyl sites for hydroxylation is 2. The molecular weight excluding hydrogens is 332 g/mol. The minimum atomic E-state index is 0.190. The Morgan fingerprint density at radius 3 is 2.78 bits per heavy atom. The van der Waals surface area contributed by atoms with Crippen LogP contribution in [0.15, 0.2) is 6.07 Å². The molecule has 1 aliphatic heterocycles. The van der Waals surface area contributed by atoms with Crippen molar-refractivity contribution >= 4 is 35.1 Å². The Labute approximate surface area is 146 Å². The molecule has 0 radical (unpaired) electrons. The highest BCUT2D eigenvalue weighted by Gasteiger charge is 2.40. The maximum atomic E-state index is 6.28. The molecule has 2 aromatic rings. The van der Waals surface area contributed by atoms with E-state index < -0.39 is 0 Å². The summed E-state index contributed by atoms with van der Waals surface area (Å²) in [6, 6.07) is 1.94. The number of fused-ring (bicyclic) bond motifs is 1. The van der Waals surface area contributed by atoms with Gasteiger partial charge in [0.1, 0.15) is 16.5 Å². The molecule has 0 amide bonds. The highest BCUT2D eigenvalue weighted by atomic mass is 35.5. The first-order valence-electron chi connectivity index (χ1n) is 7.69.